The number of hydrogen-bond donors (Lipinski definition) is 1. The Morgan fingerprint density at radius 2 is 2.00 bits per heavy atom. The molecule has 0 aromatic heterocycles. The van der Waals surface area contributed by atoms with Crippen LogP contribution in [0.2, 0.25) is 0 Å². The normalized spacial score (nSPS) is 14.6. The van der Waals surface area contributed by atoms with Crippen molar-refractivity contribution in [3.05, 3.63) is 34.9 Å². The summed E-state index contributed by atoms with van der Waals surface area (Å²) in [5, 5.41) is 3.60. The second-order valence-corrected chi connectivity index (χ2v) is 5.71. The summed E-state index contributed by atoms with van der Waals surface area (Å²) in [5.74, 6) is 0. The lowest BCUT2D eigenvalue weighted by atomic mass is 9.98. The lowest BCUT2D eigenvalue weighted by Gasteiger charge is -2.30. The Bertz CT molecular complexity index is 406. The third kappa shape index (κ3) is 4.89. The zero-order valence-electron chi connectivity index (χ0n) is 13.9. The van der Waals surface area contributed by atoms with Crippen molar-refractivity contribution in [3.8, 4) is 0 Å². The van der Waals surface area contributed by atoms with Gasteiger partial charge in [0.15, 0.2) is 0 Å². The zero-order valence-corrected chi connectivity index (χ0v) is 13.9. The second kappa shape index (κ2) is 8.40. The number of ether oxygens (including phenoxy) is 1. The molecule has 0 radical (unpaired) electrons. The van der Waals surface area contributed by atoms with E-state index in [-0.39, 0.29) is 0 Å². The molecule has 0 aliphatic rings. The van der Waals surface area contributed by atoms with E-state index in [1.165, 1.54) is 16.7 Å². The quantitative estimate of drug-likeness (QED) is 0.791. The highest BCUT2D eigenvalue weighted by atomic mass is 16.5. The average molecular weight is 278 g/mol. The molecule has 1 aromatic rings. The molecule has 0 spiro atoms. The molecular formula is C17H30N2O. The van der Waals surface area contributed by atoms with Crippen molar-refractivity contribution in [1.29, 1.82) is 0 Å². The van der Waals surface area contributed by atoms with Crippen molar-refractivity contribution in [1.82, 2.24) is 10.2 Å². The highest BCUT2D eigenvalue weighted by Gasteiger charge is 2.18. The fourth-order valence-electron chi connectivity index (χ4n) is 2.57. The van der Waals surface area contributed by atoms with Gasteiger partial charge in [0.2, 0.25) is 0 Å². The fourth-order valence-corrected chi connectivity index (χ4v) is 2.57. The topological polar surface area (TPSA) is 24.5 Å². The summed E-state index contributed by atoms with van der Waals surface area (Å²) >= 11 is 0. The number of hydrogen-bond acceptors (Lipinski definition) is 3. The van der Waals surface area contributed by atoms with Crippen LogP contribution < -0.4 is 5.32 Å². The van der Waals surface area contributed by atoms with Crippen LogP contribution in [0.4, 0.5) is 0 Å². The predicted octanol–water partition coefficient (Wildman–Crippen LogP) is 2.92. The van der Waals surface area contributed by atoms with E-state index in [1.54, 1.807) is 7.11 Å². The fraction of sp³-hybridized carbons (Fsp3) is 0.647. The van der Waals surface area contributed by atoms with Crippen LogP contribution in [0.15, 0.2) is 18.2 Å². The lowest BCUT2D eigenvalue weighted by Crippen LogP contribution is -2.39. The number of aryl methyl sites for hydroxylation is 2. The van der Waals surface area contributed by atoms with E-state index < -0.39 is 0 Å². The Kier molecular flexibility index (Phi) is 7.20. The van der Waals surface area contributed by atoms with Crippen LogP contribution >= 0.6 is 0 Å². The molecule has 0 heterocycles. The van der Waals surface area contributed by atoms with Crippen LogP contribution in [-0.4, -0.2) is 44.8 Å². The highest BCUT2D eigenvalue weighted by Crippen LogP contribution is 2.20. The molecule has 0 aliphatic heterocycles. The third-order valence-corrected chi connectivity index (χ3v) is 3.88. The molecule has 0 saturated carbocycles. The molecule has 1 N–H and O–H groups in total. The maximum Gasteiger partial charge on any atom is 0.0615 e. The average Bonchev–Trinajstić information content (AvgIpc) is 2.38. The molecule has 0 saturated heterocycles. The van der Waals surface area contributed by atoms with Gasteiger partial charge in [0.1, 0.15) is 0 Å². The second-order valence-electron chi connectivity index (χ2n) is 5.71. The molecule has 2 atom stereocenters. The number of nitrogens with one attached hydrogen (secondary N) is 1. The van der Waals surface area contributed by atoms with Gasteiger partial charge in [-0.3, -0.25) is 4.90 Å². The molecule has 3 nitrogen and oxygen atoms in total. The Hall–Kier alpha value is -0.900. The Balaban J connectivity index is 2.83. The van der Waals surface area contributed by atoms with Crippen molar-refractivity contribution >= 4 is 0 Å². The number of likely N-dealkylation sites (N-methyl/N-ethyl adjacent to an activating group) is 2. The first-order chi connectivity index (χ1) is 9.49. The van der Waals surface area contributed by atoms with Crippen molar-refractivity contribution in [2.45, 2.75) is 39.8 Å². The molecule has 3 heteroatoms. The van der Waals surface area contributed by atoms with Gasteiger partial charge >= 0.3 is 0 Å². The summed E-state index contributed by atoms with van der Waals surface area (Å²) in [5.41, 5.74) is 4.08. The van der Waals surface area contributed by atoms with Gasteiger partial charge < -0.3 is 10.1 Å². The maximum absolute atomic E-state index is 5.25. The highest BCUT2D eigenvalue weighted by molar-refractivity contribution is 5.33. The van der Waals surface area contributed by atoms with Crippen LogP contribution in [-0.2, 0) is 4.74 Å². The van der Waals surface area contributed by atoms with Crippen LogP contribution in [0.5, 0.6) is 0 Å². The van der Waals surface area contributed by atoms with E-state index in [9.17, 15) is 0 Å². The zero-order chi connectivity index (χ0) is 15.1. The van der Waals surface area contributed by atoms with Crippen molar-refractivity contribution < 1.29 is 4.74 Å². The van der Waals surface area contributed by atoms with Gasteiger partial charge in [0, 0.05) is 25.7 Å². The summed E-state index contributed by atoms with van der Waals surface area (Å²) < 4.78 is 5.25. The minimum absolute atomic E-state index is 0.366. The molecule has 0 bridgehead atoms. The number of methoxy groups -OCH3 is 1. The van der Waals surface area contributed by atoms with E-state index in [0.717, 1.165) is 19.7 Å². The standard InChI is InChI=1S/C17H30N2O/c1-7-18-17(11-19(5)15(4)12-20-6)16-9-8-13(2)10-14(16)3/h8-10,15,17-18H,7,11-12H2,1-6H3. The summed E-state index contributed by atoms with van der Waals surface area (Å²) in [4.78, 5) is 2.36. The van der Waals surface area contributed by atoms with Crippen molar-refractivity contribution in [3.63, 3.8) is 0 Å². The van der Waals surface area contributed by atoms with E-state index in [2.05, 4.69) is 63.2 Å². The van der Waals surface area contributed by atoms with Gasteiger partial charge in [0.05, 0.1) is 6.61 Å². The number of rotatable bonds is 8. The summed E-state index contributed by atoms with van der Waals surface area (Å²) in [6.45, 7) is 11.4. The van der Waals surface area contributed by atoms with Crippen LogP contribution in [0, 0.1) is 13.8 Å². The lowest BCUT2D eigenvalue weighted by molar-refractivity contribution is 0.109. The molecule has 0 amide bonds. The van der Waals surface area contributed by atoms with Gasteiger partial charge in [-0.05, 0) is 45.5 Å². The molecular weight excluding hydrogens is 248 g/mol. The minimum atomic E-state index is 0.366. The Morgan fingerprint density at radius 1 is 1.30 bits per heavy atom. The molecule has 20 heavy (non-hydrogen) atoms. The van der Waals surface area contributed by atoms with Gasteiger partial charge in [-0.1, -0.05) is 30.7 Å². The smallest absolute Gasteiger partial charge is 0.0615 e. The van der Waals surface area contributed by atoms with Crippen LogP contribution in [0.25, 0.3) is 0 Å². The van der Waals surface area contributed by atoms with Gasteiger partial charge in [-0.2, -0.15) is 0 Å². The van der Waals surface area contributed by atoms with Crippen LogP contribution in [0.3, 0.4) is 0 Å². The molecule has 0 fully saturated rings. The van der Waals surface area contributed by atoms with Crippen molar-refractivity contribution in [2.75, 3.05) is 33.9 Å². The van der Waals surface area contributed by atoms with Gasteiger partial charge in [-0.15, -0.1) is 0 Å². The first-order valence-corrected chi connectivity index (χ1v) is 7.49. The van der Waals surface area contributed by atoms with E-state index >= 15 is 0 Å². The predicted molar refractivity (Wildman–Crippen MR) is 86.3 cm³/mol. The molecule has 1 aromatic carbocycles. The summed E-state index contributed by atoms with van der Waals surface area (Å²) in [6.07, 6.45) is 0. The Morgan fingerprint density at radius 3 is 2.55 bits per heavy atom. The van der Waals surface area contributed by atoms with E-state index in [1.807, 2.05) is 0 Å². The first-order valence-electron chi connectivity index (χ1n) is 7.49. The maximum atomic E-state index is 5.25. The summed E-state index contributed by atoms with van der Waals surface area (Å²) in [7, 11) is 3.92. The number of nitrogens with zero attached hydrogens (tertiary/aromatic N) is 1. The Labute approximate surface area is 124 Å². The molecule has 0 aliphatic carbocycles. The number of benzene rings is 1. The van der Waals surface area contributed by atoms with E-state index in [0.29, 0.717) is 12.1 Å². The minimum Gasteiger partial charge on any atom is -0.383 e. The molecule has 114 valence electrons. The monoisotopic (exact) mass is 278 g/mol. The van der Waals surface area contributed by atoms with Gasteiger partial charge in [-0.25, -0.2) is 0 Å². The SMILES string of the molecule is CCNC(CN(C)C(C)COC)c1ccc(C)cc1C. The summed E-state index contributed by atoms with van der Waals surface area (Å²) in [6, 6.07) is 7.51. The molecule has 2 unspecified atom stereocenters. The third-order valence-electron chi connectivity index (χ3n) is 3.88. The largest absolute Gasteiger partial charge is 0.383 e. The van der Waals surface area contributed by atoms with Crippen LogP contribution in [0.1, 0.15) is 36.6 Å². The van der Waals surface area contributed by atoms with Crippen molar-refractivity contribution in [2.24, 2.45) is 0 Å². The molecule has 1 rings (SSSR count). The first kappa shape index (κ1) is 17.2. The van der Waals surface area contributed by atoms with E-state index in [4.69, 9.17) is 4.74 Å². The van der Waals surface area contributed by atoms with Gasteiger partial charge in [0.25, 0.3) is 0 Å².